The van der Waals surface area contributed by atoms with Gasteiger partial charge in [-0.3, -0.25) is 4.90 Å². The zero-order chi connectivity index (χ0) is 14.3. The fourth-order valence-corrected chi connectivity index (χ4v) is 4.53. The van der Waals surface area contributed by atoms with Gasteiger partial charge in [-0.1, -0.05) is 0 Å². The molecule has 1 saturated carbocycles. The zero-order valence-electron chi connectivity index (χ0n) is 11.7. The Morgan fingerprint density at radius 3 is 2.85 bits per heavy atom. The Balaban J connectivity index is 1.66. The maximum absolute atomic E-state index is 11.0. The summed E-state index contributed by atoms with van der Waals surface area (Å²) in [5, 5.41) is 18.8. The van der Waals surface area contributed by atoms with Gasteiger partial charge in [-0.25, -0.2) is 4.79 Å². The molecule has 0 spiro atoms. The zero-order valence-corrected chi connectivity index (χ0v) is 12.5. The Morgan fingerprint density at radius 1 is 1.40 bits per heavy atom. The second-order valence-electron chi connectivity index (χ2n) is 6.18. The molecule has 2 aliphatic rings. The van der Waals surface area contributed by atoms with Gasteiger partial charge in [-0.05, 0) is 49.7 Å². The minimum absolute atomic E-state index is 0.113. The van der Waals surface area contributed by atoms with Crippen molar-refractivity contribution in [3.63, 3.8) is 0 Å². The summed E-state index contributed by atoms with van der Waals surface area (Å²) < 4.78 is 0. The van der Waals surface area contributed by atoms with E-state index in [1.165, 1.54) is 11.3 Å². The number of nitrogens with zero attached hydrogens (tertiary/aromatic N) is 1. The predicted octanol–water partition coefficient (Wildman–Crippen LogP) is 2.35. The highest BCUT2D eigenvalue weighted by atomic mass is 32.1. The number of likely N-dealkylation sites (tertiary alicyclic amines) is 1. The Morgan fingerprint density at radius 2 is 2.15 bits per heavy atom. The molecule has 1 aromatic rings. The summed E-state index contributed by atoms with van der Waals surface area (Å²) in [6, 6.07) is 1.82. The molecule has 1 aromatic heterocycles. The van der Waals surface area contributed by atoms with Crippen molar-refractivity contribution in [1.29, 1.82) is 0 Å². The van der Waals surface area contributed by atoms with Crippen LogP contribution < -0.4 is 0 Å². The van der Waals surface area contributed by atoms with Gasteiger partial charge in [0.15, 0.2) is 0 Å². The van der Waals surface area contributed by atoms with Crippen molar-refractivity contribution in [3.05, 3.63) is 21.4 Å². The average molecular weight is 295 g/mol. The van der Waals surface area contributed by atoms with Crippen molar-refractivity contribution in [3.8, 4) is 0 Å². The Hall–Kier alpha value is -0.910. The number of carbonyl (C=O) groups is 1. The quantitative estimate of drug-likeness (QED) is 0.898. The third kappa shape index (κ3) is 2.75. The molecule has 1 aliphatic carbocycles. The molecule has 5 heteroatoms. The fourth-order valence-electron chi connectivity index (χ4n) is 3.66. The van der Waals surface area contributed by atoms with Gasteiger partial charge in [0.25, 0.3) is 0 Å². The molecule has 0 bridgehead atoms. The molecule has 2 heterocycles. The largest absolute Gasteiger partial charge is 0.477 e. The number of hydrogen-bond donors (Lipinski definition) is 2. The highest BCUT2D eigenvalue weighted by molar-refractivity contribution is 7.14. The number of aromatic carboxylic acids is 1. The van der Waals surface area contributed by atoms with Crippen molar-refractivity contribution in [2.45, 2.75) is 38.8 Å². The van der Waals surface area contributed by atoms with Gasteiger partial charge in [0.05, 0.1) is 6.10 Å². The van der Waals surface area contributed by atoms with E-state index < -0.39 is 5.97 Å². The summed E-state index contributed by atoms with van der Waals surface area (Å²) in [7, 11) is 0. The normalized spacial score (nSPS) is 30.4. The molecule has 3 atom stereocenters. The number of aliphatic hydroxyl groups excluding tert-OH is 1. The topological polar surface area (TPSA) is 60.8 Å². The van der Waals surface area contributed by atoms with Gasteiger partial charge in [0, 0.05) is 24.5 Å². The predicted molar refractivity (Wildman–Crippen MR) is 78.1 cm³/mol. The smallest absolute Gasteiger partial charge is 0.345 e. The van der Waals surface area contributed by atoms with Crippen LogP contribution >= 0.6 is 11.3 Å². The number of fused-ring (bicyclic) bond motifs is 1. The third-order valence-corrected chi connectivity index (χ3v) is 5.80. The summed E-state index contributed by atoms with van der Waals surface area (Å²) in [5.41, 5.74) is 1.14. The summed E-state index contributed by atoms with van der Waals surface area (Å²) >= 11 is 1.37. The molecule has 0 amide bonds. The molecule has 0 radical (unpaired) electrons. The molecule has 4 nitrogen and oxygen atoms in total. The standard InChI is InChI=1S/C15H21NO3S/c1-9-11(5-14(20-9)15(18)19)7-16-6-10-2-3-13(17)4-12(10)8-16/h5,10,12-13,17H,2-4,6-8H2,1H3,(H,18,19)/t10-,12+,13-/m0/s1. The minimum atomic E-state index is -0.831. The van der Waals surface area contributed by atoms with Crippen molar-refractivity contribution in [1.82, 2.24) is 4.90 Å². The van der Waals surface area contributed by atoms with E-state index in [0.29, 0.717) is 10.8 Å². The molecule has 20 heavy (non-hydrogen) atoms. The Labute approximate surface area is 123 Å². The summed E-state index contributed by atoms with van der Waals surface area (Å²) in [5.74, 6) is 0.510. The van der Waals surface area contributed by atoms with Gasteiger partial charge < -0.3 is 10.2 Å². The maximum Gasteiger partial charge on any atom is 0.345 e. The lowest BCUT2D eigenvalue weighted by molar-refractivity contribution is 0.0702. The molecule has 3 rings (SSSR count). The van der Waals surface area contributed by atoms with Gasteiger partial charge in [0.2, 0.25) is 0 Å². The van der Waals surface area contributed by atoms with Crippen LogP contribution in [0.5, 0.6) is 0 Å². The molecule has 110 valence electrons. The third-order valence-electron chi connectivity index (χ3n) is 4.72. The van der Waals surface area contributed by atoms with E-state index in [-0.39, 0.29) is 6.10 Å². The fraction of sp³-hybridized carbons (Fsp3) is 0.667. The van der Waals surface area contributed by atoms with E-state index >= 15 is 0 Å². The average Bonchev–Trinajstić information content (AvgIpc) is 2.93. The molecule has 1 aliphatic heterocycles. The minimum Gasteiger partial charge on any atom is -0.477 e. The molecular weight excluding hydrogens is 274 g/mol. The lowest BCUT2D eigenvalue weighted by atomic mass is 9.80. The van der Waals surface area contributed by atoms with E-state index in [4.69, 9.17) is 5.11 Å². The molecule has 1 saturated heterocycles. The summed E-state index contributed by atoms with van der Waals surface area (Å²) in [6.45, 7) is 4.98. The van der Waals surface area contributed by atoms with Crippen LogP contribution in [0.4, 0.5) is 0 Å². The number of rotatable bonds is 3. The molecule has 0 aromatic carbocycles. The second kappa shape index (κ2) is 5.47. The first kappa shape index (κ1) is 14.0. The van der Waals surface area contributed by atoms with E-state index in [0.717, 1.165) is 55.3 Å². The van der Waals surface area contributed by atoms with Crippen molar-refractivity contribution in [2.75, 3.05) is 13.1 Å². The van der Waals surface area contributed by atoms with Crippen LogP contribution in [0.3, 0.4) is 0 Å². The van der Waals surface area contributed by atoms with Gasteiger partial charge in [-0.2, -0.15) is 0 Å². The van der Waals surface area contributed by atoms with Crippen LogP contribution in [-0.2, 0) is 6.54 Å². The van der Waals surface area contributed by atoms with Crippen LogP contribution in [-0.4, -0.2) is 40.3 Å². The van der Waals surface area contributed by atoms with E-state index in [1.807, 2.05) is 13.0 Å². The van der Waals surface area contributed by atoms with Crippen LogP contribution in [0.15, 0.2) is 6.07 Å². The monoisotopic (exact) mass is 295 g/mol. The van der Waals surface area contributed by atoms with Crippen molar-refractivity contribution in [2.24, 2.45) is 11.8 Å². The van der Waals surface area contributed by atoms with E-state index in [9.17, 15) is 9.90 Å². The maximum atomic E-state index is 11.0. The number of aryl methyl sites for hydroxylation is 1. The first-order valence-electron chi connectivity index (χ1n) is 7.26. The van der Waals surface area contributed by atoms with E-state index in [2.05, 4.69) is 4.90 Å². The van der Waals surface area contributed by atoms with Crippen LogP contribution in [0.1, 0.15) is 39.4 Å². The number of hydrogen-bond acceptors (Lipinski definition) is 4. The highest BCUT2D eigenvalue weighted by Crippen LogP contribution is 2.37. The number of carboxylic acids is 1. The summed E-state index contributed by atoms with van der Waals surface area (Å²) in [4.78, 5) is 15.0. The Bertz CT molecular complexity index is 513. The lowest BCUT2D eigenvalue weighted by Crippen LogP contribution is -2.26. The van der Waals surface area contributed by atoms with Crippen LogP contribution in [0.2, 0.25) is 0 Å². The Kier molecular flexibility index (Phi) is 3.84. The van der Waals surface area contributed by atoms with Crippen LogP contribution in [0.25, 0.3) is 0 Å². The number of thiophene rings is 1. The van der Waals surface area contributed by atoms with Crippen molar-refractivity contribution >= 4 is 17.3 Å². The van der Waals surface area contributed by atoms with Gasteiger partial charge in [0.1, 0.15) is 4.88 Å². The SMILES string of the molecule is Cc1sc(C(=O)O)cc1CN1C[C@H]2C[C@@H](O)CC[C@H]2C1. The number of carboxylic acid groups (broad SMARTS) is 1. The van der Waals surface area contributed by atoms with Crippen molar-refractivity contribution < 1.29 is 15.0 Å². The molecular formula is C15H21NO3S. The van der Waals surface area contributed by atoms with Gasteiger partial charge >= 0.3 is 5.97 Å². The molecule has 2 N–H and O–H groups in total. The second-order valence-corrected chi connectivity index (χ2v) is 7.43. The summed E-state index contributed by atoms with van der Waals surface area (Å²) in [6.07, 6.45) is 2.89. The van der Waals surface area contributed by atoms with E-state index in [1.54, 1.807) is 0 Å². The molecule has 0 unspecified atom stereocenters. The van der Waals surface area contributed by atoms with Crippen LogP contribution in [0, 0.1) is 18.8 Å². The van der Waals surface area contributed by atoms with Gasteiger partial charge in [-0.15, -0.1) is 11.3 Å². The molecule has 2 fully saturated rings. The number of aliphatic hydroxyl groups is 1. The highest BCUT2D eigenvalue weighted by Gasteiger charge is 2.37. The first-order chi connectivity index (χ1) is 9.52. The lowest BCUT2D eigenvalue weighted by Gasteiger charge is -2.27. The first-order valence-corrected chi connectivity index (χ1v) is 8.07.